The maximum Gasteiger partial charge on any atom is 0.244 e. The molecular weight excluding hydrogens is 358 g/mol. The highest BCUT2D eigenvalue weighted by atomic mass is 16.5. The summed E-state index contributed by atoms with van der Waals surface area (Å²) in [7, 11) is 0. The zero-order valence-corrected chi connectivity index (χ0v) is 16.5. The zero-order valence-electron chi connectivity index (χ0n) is 16.5. The number of carbonyl (C=O) groups excluding carboxylic acids is 2. The Morgan fingerprint density at radius 2 is 1.96 bits per heavy atom. The van der Waals surface area contributed by atoms with Crippen molar-refractivity contribution in [3.63, 3.8) is 0 Å². The van der Waals surface area contributed by atoms with Crippen LogP contribution in [0.4, 0.5) is 0 Å². The minimum absolute atomic E-state index is 0.0837. The summed E-state index contributed by atoms with van der Waals surface area (Å²) in [5, 5.41) is 4.13. The van der Waals surface area contributed by atoms with Crippen LogP contribution in [0.5, 0.6) is 0 Å². The molecule has 1 saturated carbocycles. The lowest BCUT2D eigenvalue weighted by molar-refractivity contribution is -0.141. The van der Waals surface area contributed by atoms with E-state index in [-0.39, 0.29) is 24.4 Å². The summed E-state index contributed by atoms with van der Waals surface area (Å²) in [6, 6.07) is 1.96. The van der Waals surface area contributed by atoms with E-state index in [2.05, 4.69) is 14.9 Å². The van der Waals surface area contributed by atoms with Crippen LogP contribution in [0.25, 0.3) is 0 Å². The fourth-order valence-electron chi connectivity index (χ4n) is 4.18. The van der Waals surface area contributed by atoms with Gasteiger partial charge in [-0.05, 0) is 31.7 Å². The summed E-state index contributed by atoms with van der Waals surface area (Å²) in [5.74, 6) is 0.583. The molecule has 1 aliphatic carbocycles. The van der Waals surface area contributed by atoms with Crippen LogP contribution in [0.1, 0.15) is 25.7 Å². The molecule has 4 rings (SSSR count). The molecule has 1 aromatic heterocycles. The number of hydrogen-bond donors (Lipinski definition) is 0. The van der Waals surface area contributed by atoms with Gasteiger partial charge in [0.2, 0.25) is 11.8 Å². The second-order valence-electron chi connectivity index (χ2n) is 8.10. The largest absolute Gasteiger partial charge is 0.379 e. The number of nitrogens with zero attached hydrogens (tertiary/aromatic N) is 5. The Labute approximate surface area is 166 Å². The minimum Gasteiger partial charge on any atom is -0.379 e. The highest BCUT2D eigenvalue weighted by molar-refractivity contribution is 5.81. The molecule has 8 heteroatoms. The second kappa shape index (κ2) is 9.05. The van der Waals surface area contributed by atoms with Gasteiger partial charge in [0.1, 0.15) is 6.54 Å². The van der Waals surface area contributed by atoms with Crippen molar-refractivity contribution in [3.05, 3.63) is 18.5 Å². The van der Waals surface area contributed by atoms with Crippen molar-refractivity contribution in [1.82, 2.24) is 24.5 Å². The number of piperidine rings is 1. The van der Waals surface area contributed by atoms with E-state index in [1.165, 1.54) is 0 Å². The van der Waals surface area contributed by atoms with Crippen LogP contribution >= 0.6 is 0 Å². The molecule has 2 saturated heterocycles. The van der Waals surface area contributed by atoms with Crippen molar-refractivity contribution < 1.29 is 14.3 Å². The third kappa shape index (κ3) is 4.91. The summed E-state index contributed by atoms with van der Waals surface area (Å²) < 4.78 is 7.09. The van der Waals surface area contributed by atoms with Crippen LogP contribution in [-0.4, -0.2) is 94.8 Å². The monoisotopic (exact) mass is 389 g/mol. The van der Waals surface area contributed by atoms with Gasteiger partial charge in [-0.25, -0.2) is 0 Å². The first-order valence-corrected chi connectivity index (χ1v) is 10.6. The Balaban J connectivity index is 1.36. The molecule has 1 atom stereocenters. The normalized spacial score (nSPS) is 23.6. The lowest BCUT2D eigenvalue weighted by Crippen LogP contribution is -2.54. The van der Waals surface area contributed by atoms with Gasteiger partial charge in [0.15, 0.2) is 0 Å². The SMILES string of the molecule is O=C(Cn1cccn1)N1CCCC(N(CCN2CCOCC2)C(=O)C2CC2)C1. The molecule has 0 aromatic carbocycles. The van der Waals surface area contributed by atoms with Crippen LogP contribution < -0.4 is 0 Å². The van der Waals surface area contributed by atoms with E-state index in [4.69, 9.17) is 4.74 Å². The minimum atomic E-state index is 0.0837. The van der Waals surface area contributed by atoms with E-state index in [1.807, 2.05) is 17.2 Å². The van der Waals surface area contributed by atoms with Gasteiger partial charge in [0, 0.05) is 63.6 Å². The summed E-state index contributed by atoms with van der Waals surface area (Å²) in [5.41, 5.74) is 0. The first-order valence-electron chi connectivity index (χ1n) is 10.6. The van der Waals surface area contributed by atoms with Crippen LogP contribution in [0.3, 0.4) is 0 Å². The van der Waals surface area contributed by atoms with Crippen molar-refractivity contribution in [2.75, 3.05) is 52.5 Å². The first kappa shape index (κ1) is 19.4. The van der Waals surface area contributed by atoms with E-state index in [0.29, 0.717) is 12.5 Å². The van der Waals surface area contributed by atoms with E-state index in [1.54, 1.807) is 10.9 Å². The van der Waals surface area contributed by atoms with Crippen LogP contribution in [0.2, 0.25) is 0 Å². The Kier molecular flexibility index (Phi) is 6.26. The summed E-state index contributed by atoms with van der Waals surface area (Å²) >= 11 is 0. The molecule has 154 valence electrons. The average Bonchev–Trinajstić information content (AvgIpc) is 3.46. The van der Waals surface area contributed by atoms with Gasteiger partial charge in [-0.1, -0.05) is 0 Å². The molecule has 1 unspecified atom stereocenters. The molecule has 0 spiro atoms. The Morgan fingerprint density at radius 3 is 2.68 bits per heavy atom. The number of morpholine rings is 1. The van der Waals surface area contributed by atoms with E-state index >= 15 is 0 Å². The van der Waals surface area contributed by atoms with Gasteiger partial charge in [-0.15, -0.1) is 0 Å². The van der Waals surface area contributed by atoms with Crippen molar-refractivity contribution in [3.8, 4) is 0 Å². The van der Waals surface area contributed by atoms with Gasteiger partial charge >= 0.3 is 0 Å². The van der Waals surface area contributed by atoms with E-state index in [9.17, 15) is 9.59 Å². The molecule has 1 aromatic rings. The van der Waals surface area contributed by atoms with Crippen molar-refractivity contribution >= 4 is 11.8 Å². The Hall–Kier alpha value is -1.93. The van der Waals surface area contributed by atoms with Crippen molar-refractivity contribution in [1.29, 1.82) is 0 Å². The predicted molar refractivity (Wildman–Crippen MR) is 104 cm³/mol. The number of amides is 2. The predicted octanol–water partition coefficient (Wildman–Crippen LogP) is 0.445. The van der Waals surface area contributed by atoms with Crippen molar-refractivity contribution in [2.45, 2.75) is 38.3 Å². The first-order chi connectivity index (χ1) is 13.7. The molecule has 3 heterocycles. The quantitative estimate of drug-likeness (QED) is 0.677. The third-order valence-electron chi connectivity index (χ3n) is 6.02. The molecule has 0 N–H and O–H groups in total. The number of hydrogen-bond acceptors (Lipinski definition) is 5. The third-order valence-corrected chi connectivity index (χ3v) is 6.02. The molecule has 8 nitrogen and oxygen atoms in total. The maximum atomic E-state index is 13.0. The summed E-state index contributed by atoms with van der Waals surface area (Å²) in [6.45, 7) is 6.73. The number of rotatable bonds is 7. The molecular formula is C20H31N5O3. The number of aromatic nitrogens is 2. The molecule has 0 bridgehead atoms. The summed E-state index contributed by atoms with van der Waals surface area (Å²) in [6.07, 6.45) is 7.45. The number of likely N-dealkylation sites (tertiary alicyclic amines) is 1. The topological polar surface area (TPSA) is 70.9 Å². The second-order valence-corrected chi connectivity index (χ2v) is 8.10. The number of ether oxygens (including phenoxy) is 1. The lowest BCUT2D eigenvalue weighted by atomic mass is 10.0. The van der Waals surface area contributed by atoms with Gasteiger partial charge < -0.3 is 14.5 Å². The molecule has 3 aliphatic rings. The van der Waals surface area contributed by atoms with Crippen molar-refractivity contribution in [2.24, 2.45) is 5.92 Å². The molecule has 2 amide bonds. The van der Waals surface area contributed by atoms with Gasteiger partial charge in [-0.2, -0.15) is 5.10 Å². The van der Waals surface area contributed by atoms with E-state index < -0.39 is 0 Å². The lowest BCUT2D eigenvalue weighted by Gasteiger charge is -2.40. The highest BCUT2D eigenvalue weighted by Gasteiger charge is 2.38. The molecule has 0 radical (unpaired) electrons. The zero-order chi connectivity index (χ0) is 19.3. The van der Waals surface area contributed by atoms with Gasteiger partial charge in [0.05, 0.1) is 13.2 Å². The molecule has 3 fully saturated rings. The van der Waals surface area contributed by atoms with Gasteiger partial charge in [0.25, 0.3) is 0 Å². The fraction of sp³-hybridized carbons (Fsp3) is 0.750. The summed E-state index contributed by atoms with van der Waals surface area (Å²) in [4.78, 5) is 32.0. The number of carbonyl (C=O) groups is 2. The average molecular weight is 390 g/mol. The van der Waals surface area contributed by atoms with Gasteiger partial charge in [-0.3, -0.25) is 19.2 Å². The molecule has 2 aliphatic heterocycles. The smallest absolute Gasteiger partial charge is 0.244 e. The Morgan fingerprint density at radius 1 is 1.14 bits per heavy atom. The fourth-order valence-corrected chi connectivity index (χ4v) is 4.18. The maximum absolute atomic E-state index is 13.0. The highest BCUT2D eigenvalue weighted by Crippen LogP contribution is 2.32. The van der Waals surface area contributed by atoms with Crippen LogP contribution in [0, 0.1) is 5.92 Å². The molecule has 28 heavy (non-hydrogen) atoms. The van der Waals surface area contributed by atoms with Crippen LogP contribution in [0.15, 0.2) is 18.5 Å². The van der Waals surface area contributed by atoms with E-state index in [0.717, 1.165) is 71.6 Å². The van der Waals surface area contributed by atoms with Crippen LogP contribution in [-0.2, 0) is 20.9 Å². The standard InChI is InChI=1S/C20H31N5O3/c26-19(16-24-8-2-6-21-24)23-7-1-3-18(15-23)25(20(27)17-4-5-17)10-9-22-11-13-28-14-12-22/h2,6,8,17-18H,1,3-5,7,9-16H2. The Bertz CT molecular complexity index is 655.